The minimum Gasteiger partial charge on any atom is -0.496 e. The molecule has 0 saturated carbocycles. The van der Waals surface area contributed by atoms with E-state index in [0.717, 1.165) is 16.9 Å². The molecule has 0 amide bonds. The maximum atomic E-state index is 12.6. The lowest BCUT2D eigenvalue weighted by molar-refractivity contribution is 0.101. The fourth-order valence-electron chi connectivity index (χ4n) is 3.00. The van der Waals surface area contributed by atoms with Gasteiger partial charge in [0.25, 0.3) is 0 Å². The van der Waals surface area contributed by atoms with Crippen molar-refractivity contribution in [3.8, 4) is 17.2 Å². The number of allylic oxidation sites excluding steroid dienone is 1. The van der Waals surface area contributed by atoms with Crippen LogP contribution >= 0.6 is 0 Å². The number of hydrogen-bond acceptors (Lipinski definition) is 5. The maximum absolute atomic E-state index is 12.6. The van der Waals surface area contributed by atoms with Crippen LogP contribution in [0.5, 0.6) is 17.2 Å². The largest absolute Gasteiger partial charge is 0.496 e. The van der Waals surface area contributed by atoms with Gasteiger partial charge in [0.2, 0.25) is 5.78 Å². The van der Waals surface area contributed by atoms with Crippen LogP contribution < -0.4 is 14.2 Å². The van der Waals surface area contributed by atoms with E-state index in [0.29, 0.717) is 29.4 Å². The number of para-hydroxylation sites is 1. The monoisotopic (exact) mass is 362 g/mol. The van der Waals surface area contributed by atoms with Gasteiger partial charge in [-0.2, -0.15) is 0 Å². The van der Waals surface area contributed by atoms with E-state index in [1.165, 1.54) is 0 Å². The van der Waals surface area contributed by atoms with E-state index < -0.39 is 0 Å². The van der Waals surface area contributed by atoms with Crippen LogP contribution in [-0.4, -0.2) is 12.9 Å². The number of ether oxygens (including phenoxy) is 3. The molecule has 4 rings (SSSR count). The molecule has 136 valence electrons. The second-order valence-electron chi connectivity index (χ2n) is 6.12. The molecule has 27 heavy (non-hydrogen) atoms. The normalized spacial score (nSPS) is 14.1. The molecule has 1 aliphatic heterocycles. The van der Waals surface area contributed by atoms with Crippen LogP contribution in [0.3, 0.4) is 0 Å². The summed E-state index contributed by atoms with van der Waals surface area (Å²) in [5.41, 5.74) is 2.24. The Hall–Kier alpha value is -3.47. The first-order valence-corrected chi connectivity index (χ1v) is 8.53. The summed E-state index contributed by atoms with van der Waals surface area (Å²) in [6.45, 7) is 2.23. The number of ketones is 1. The first-order valence-electron chi connectivity index (χ1n) is 8.53. The molecular weight excluding hydrogens is 344 g/mol. The zero-order valence-electron chi connectivity index (χ0n) is 15.0. The molecule has 1 aromatic heterocycles. The Morgan fingerprint density at radius 2 is 1.89 bits per heavy atom. The van der Waals surface area contributed by atoms with Gasteiger partial charge < -0.3 is 18.6 Å². The Morgan fingerprint density at radius 1 is 1.04 bits per heavy atom. The Balaban J connectivity index is 1.58. The summed E-state index contributed by atoms with van der Waals surface area (Å²) >= 11 is 0. The van der Waals surface area contributed by atoms with Crippen LogP contribution in [0.2, 0.25) is 0 Å². The first kappa shape index (κ1) is 17.0. The second kappa shape index (κ2) is 7.03. The number of rotatable bonds is 5. The lowest BCUT2D eigenvalue weighted by Crippen LogP contribution is -2.00. The van der Waals surface area contributed by atoms with Crippen LogP contribution in [0.4, 0.5) is 0 Å². The molecular formula is C22H18O5. The van der Waals surface area contributed by atoms with Crippen molar-refractivity contribution in [1.29, 1.82) is 0 Å². The van der Waals surface area contributed by atoms with Crippen molar-refractivity contribution in [1.82, 2.24) is 0 Å². The highest BCUT2D eigenvalue weighted by Crippen LogP contribution is 2.39. The number of benzene rings is 2. The van der Waals surface area contributed by atoms with E-state index in [9.17, 15) is 4.79 Å². The van der Waals surface area contributed by atoms with Gasteiger partial charge in [0, 0.05) is 17.2 Å². The number of methoxy groups -OCH3 is 1. The van der Waals surface area contributed by atoms with Crippen LogP contribution in [0.1, 0.15) is 27.2 Å². The molecule has 1 aliphatic rings. The molecule has 0 saturated heterocycles. The number of furan rings is 1. The van der Waals surface area contributed by atoms with E-state index in [2.05, 4.69) is 0 Å². The van der Waals surface area contributed by atoms with Gasteiger partial charge in [-0.1, -0.05) is 18.2 Å². The fraction of sp³-hybridized carbons (Fsp3) is 0.136. The molecule has 0 atom stereocenters. The van der Waals surface area contributed by atoms with Crippen LogP contribution in [0.25, 0.3) is 6.08 Å². The molecule has 2 aromatic carbocycles. The van der Waals surface area contributed by atoms with Gasteiger partial charge in [-0.25, -0.2) is 0 Å². The predicted molar refractivity (Wildman–Crippen MR) is 100 cm³/mol. The van der Waals surface area contributed by atoms with Crippen molar-refractivity contribution < 1.29 is 23.4 Å². The van der Waals surface area contributed by atoms with E-state index in [4.69, 9.17) is 18.6 Å². The van der Waals surface area contributed by atoms with Gasteiger partial charge in [0.15, 0.2) is 5.76 Å². The molecule has 0 bridgehead atoms. The van der Waals surface area contributed by atoms with Crippen molar-refractivity contribution in [2.75, 3.05) is 7.11 Å². The van der Waals surface area contributed by atoms with Crippen molar-refractivity contribution in [2.24, 2.45) is 0 Å². The van der Waals surface area contributed by atoms with Gasteiger partial charge in [-0.05, 0) is 37.3 Å². The number of Topliss-reactive ketones (excluding diaryl/α,β-unsaturated/α-hetero) is 1. The van der Waals surface area contributed by atoms with Crippen LogP contribution in [0, 0.1) is 6.92 Å². The maximum Gasteiger partial charge on any atom is 0.232 e. The van der Waals surface area contributed by atoms with E-state index in [1.54, 1.807) is 43.7 Å². The summed E-state index contributed by atoms with van der Waals surface area (Å²) in [5, 5.41) is 0. The predicted octanol–water partition coefficient (Wildman–Crippen LogP) is 4.79. The quantitative estimate of drug-likeness (QED) is 0.611. The lowest BCUT2D eigenvalue weighted by atomic mass is 10.1. The van der Waals surface area contributed by atoms with Crippen molar-refractivity contribution in [3.63, 3.8) is 0 Å². The molecule has 0 spiro atoms. The molecule has 2 heterocycles. The number of fused-ring (bicyclic) bond motifs is 1. The zero-order valence-corrected chi connectivity index (χ0v) is 15.0. The van der Waals surface area contributed by atoms with Gasteiger partial charge in [-0.15, -0.1) is 0 Å². The lowest BCUT2D eigenvalue weighted by Gasteiger charge is -2.13. The number of hydrogen-bond donors (Lipinski definition) is 0. The Bertz CT molecular complexity index is 1020. The molecule has 0 unspecified atom stereocenters. The molecule has 0 radical (unpaired) electrons. The molecule has 0 aliphatic carbocycles. The number of carbonyl (C=O) groups is 1. The zero-order chi connectivity index (χ0) is 18.8. The first-order chi connectivity index (χ1) is 13.2. The topological polar surface area (TPSA) is 57.9 Å². The smallest absolute Gasteiger partial charge is 0.232 e. The van der Waals surface area contributed by atoms with Gasteiger partial charge >= 0.3 is 0 Å². The van der Waals surface area contributed by atoms with Crippen molar-refractivity contribution >= 4 is 11.9 Å². The highest BCUT2D eigenvalue weighted by molar-refractivity contribution is 6.14. The third kappa shape index (κ3) is 3.19. The summed E-state index contributed by atoms with van der Waals surface area (Å²) < 4.78 is 22.4. The summed E-state index contributed by atoms with van der Waals surface area (Å²) in [6.07, 6.45) is 3.14. The van der Waals surface area contributed by atoms with Gasteiger partial charge in [0.1, 0.15) is 29.6 Å². The average molecular weight is 362 g/mol. The molecule has 5 nitrogen and oxygen atoms in total. The summed E-state index contributed by atoms with van der Waals surface area (Å²) in [7, 11) is 1.63. The molecule has 5 heteroatoms. The van der Waals surface area contributed by atoms with Crippen LogP contribution in [-0.2, 0) is 6.61 Å². The average Bonchev–Trinajstić information content (AvgIpc) is 3.31. The van der Waals surface area contributed by atoms with Crippen molar-refractivity contribution in [3.05, 3.63) is 83.0 Å². The van der Waals surface area contributed by atoms with E-state index in [1.807, 2.05) is 31.2 Å². The van der Waals surface area contributed by atoms with Gasteiger partial charge in [0.05, 0.1) is 18.9 Å². The Labute approximate surface area is 156 Å². The summed E-state index contributed by atoms with van der Waals surface area (Å²) in [5.74, 6) is 2.59. The molecule has 0 N–H and O–H groups in total. The van der Waals surface area contributed by atoms with Crippen molar-refractivity contribution in [2.45, 2.75) is 13.5 Å². The molecule has 0 fully saturated rings. The summed E-state index contributed by atoms with van der Waals surface area (Å²) in [6, 6.07) is 14.7. The highest BCUT2D eigenvalue weighted by Gasteiger charge is 2.30. The van der Waals surface area contributed by atoms with E-state index >= 15 is 0 Å². The van der Waals surface area contributed by atoms with Crippen LogP contribution in [0.15, 0.2) is 65.0 Å². The highest BCUT2D eigenvalue weighted by atomic mass is 16.5. The van der Waals surface area contributed by atoms with E-state index in [-0.39, 0.29) is 11.5 Å². The SMILES string of the molecule is COc1ccccc1COc1ccc2c(c1C)O/C(=C\c1ccco1)C2=O. The fourth-order valence-corrected chi connectivity index (χ4v) is 3.00. The third-order valence-corrected chi connectivity index (χ3v) is 4.43. The number of carbonyl (C=O) groups excluding carboxylic acids is 1. The Morgan fingerprint density at radius 3 is 2.67 bits per heavy atom. The third-order valence-electron chi connectivity index (χ3n) is 4.43. The minimum absolute atomic E-state index is 0.166. The standard InChI is InChI=1S/C22H18O5/c1-14-18(26-13-15-6-3-4-8-19(15)24-2)10-9-17-21(23)20(27-22(14)17)12-16-7-5-11-25-16/h3-12H,13H2,1-2H3/b20-12-. The second-order valence-corrected chi connectivity index (χ2v) is 6.12. The van der Waals surface area contributed by atoms with Gasteiger partial charge in [-0.3, -0.25) is 4.79 Å². The molecule has 3 aromatic rings. The summed E-state index contributed by atoms with van der Waals surface area (Å²) in [4.78, 5) is 12.6. The minimum atomic E-state index is -0.166. The Kier molecular flexibility index (Phi) is 4.42.